The number of rotatable bonds is 5. The van der Waals surface area contributed by atoms with Crippen LogP contribution >= 0.6 is 11.3 Å². The molecule has 0 spiro atoms. The van der Waals surface area contributed by atoms with Gasteiger partial charge in [-0.05, 0) is 37.1 Å². The van der Waals surface area contributed by atoms with Crippen LogP contribution in [0, 0.1) is 6.92 Å². The molecule has 3 heteroatoms. The van der Waals surface area contributed by atoms with Gasteiger partial charge >= 0.3 is 0 Å². The highest BCUT2D eigenvalue weighted by Crippen LogP contribution is 2.17. The van der Waals surface area contributed by atoms with Crippen molar-refractivity contribution in [3.05, 3.63) is 45.5 Å². The van der Waals surface area contributed by atoms with Crippen molar-refractivity contribution in [1.82, 2.24) is 5.32 Å². The van der Waals surface area contributed by atoms with Crippen LogP contribution in [0.5, 0.6) is 0 Å². The normalized spacial score (nSPS) is 10.9. The minimum absolute atomic E-state index is 0.804. The summed E-state index contributed by atoms with van der Waals surface area (Å²) in [5.74, 6) is 1.03. The van der Waals surface area contributed by atoms with Crippen LogP contribution in [0.2, 0.25) is 0 Å². The quantitative estimate of drug-likeness (QED) is 0.858. The van der Waals surface area contributed by atoms with Gasteiger partial charge in [-0.15, -0.1) is 11.3 Å². The van der Waals surface area contributed by atoms with E-state index >= 15 is 0 Å². The summed E-state index contributed by atoms with van der Waals surface area (Å²) in [6.07, 6.45) is 2.87. The Labute approximate surface area is 100 Å². The van der Waals surface area contributed by atoms with Gasteiger partial charge in [-0.3, -0.25) is 0 Å². The molecule has 16 heavy (non-hydrogen) atoms. The van der Waals surface area contributed by atoms with Crippen molar-refractivity contribution in [2.24, 2.45) is 0 Å². The molecule has 2 rings (SSSR count). The van der Waals surface area contributed by atoms with Crippen LogP contribution in [0.15, 0.2) is 28.9 Å². The third-order valence-electron chi connectivity index (χ3n) is 2.62. The van der Waals surface area contributed by atoms with Crippen molar-refractivity contribution in [2.75, 3.05) is 0 Å². The summed E-state index contributed by atoms with van der Waals surface area (Å²) < 4.78 is 5.37. The lowest BCUT2D eigenvalue weighted by molar-refractivity contribution is 0.481. The average Bonchev–Trinajstić information content (AvgIpc) is 2.89. The molecule has 0 unspecified atom stereocenters. The molecule has 0 amide bonds. The van der Waals surface area contributed by atoms with Crippen LogP contribution in [-0.2, 0) is 19.5 Å². The van der Waals surface area contributed by atoms with Gasteiger partial charge in [0.1, 0.15) is 5.76 Å². The van der Waals surface area contributed by atoms with Crippen LogP contribution in [-0.4, -0.2) is 0 Å². The fourth-order valence-electron chi connectivity index (χ4n) is 1.59. The first-order chi connectivity index (χ1) is 7.79. The van der Waals surface area contributed by atoms with Gasteiger partial charge < -0.3 is 9.73 Å². The second kappa shape index (κ2) is 5.32. The highest BCUT2D eigenvalue weighted by molar-refractivity contribution is 7.11. The van der Waals surface area contributed by atoms with Crippen LogP contribution in [0.25, 0.3) is 0 Å². The molecular weight excluding hydrogens is 218 g/mol. The molecule has 2 aromatic rings. The Hall–Kier alpha value is -1.06. The summed E-state index contributed by atoms with van der Waals surface area (Å²) in [6, 6.07) is 6.41. The highest BCUT2D eigenvalue weighted by Gasteiger charge is 2.02. The highest BCUT2D eigenvalue weighted by atomic mass is 32.1. The molecule has 86 valence electrons. The van der Waals surface area contributed by atoms with Gasteiger partial charge in [0.2, 0.25) is 0 Å². The second-order valence-electron chi connectivity index (χ2n) is 3.85. The van der Waals surface area contributed by atoms with Gasteiger partial charge in [-0.2, -0.15) is 0 Å². The first kappa shape index (κ1) is 11.4. The molecule has 0 atom stereocenters. The Balaban J connectivity index is 1.82. The number of furan rings is 1. The predicted molar refractivity (Wildman–Crippen MR) is 67.7 cm³/mol. The van der Waals surface area contributed by atoms with Gasteiger partial charge in [0.25, 0.3) is 0 Å². The molecule has 0 aliphatic carbocycles. The molecule has 0 radical (unpaired) electrons. The first-order valence-electron chi connectivity index (χ1n) is 5.61. The molecule has 2 nitrogen and oxygen atoms in total. The van der Waals surface area contributed by atoms with Crippen molar-refractivity contribution in [2.45, 2.75) is 33.4 Å². The third-order valence-corrected chi connectivity index (χ3v) is 3.85. The molecule has 0 aliphatic rings. The molecule has 2 aromatic heterocycles. The van der Waals surface area contributed by atoms with Crippen LogP contribution in [0.3, 0.4) is 0 Å². The summed E-state index contributed by atoms with van der Waals surface area (Å²) in [5.41, 5.74) is 1.22. The van der Waals surface area contributed by atoms with E-state index in [0.717, 1.165) is 25.3 Å². The monoisotopic (exact) mass is 235 g/mol. The van der Waals surface area contributed by atoms with Crippen LogP contribution < -0.4 is 5.32 Å². The van der Waals surface area contributed by atoms with E-state index in [1.807, 2.05) is 17.4 Å². The average molecular weight is 235 g/mol. The van der Waals surface area contributed by atoms with E-state index in [1.165, 1.54) is 15.3 Å². The third kappa shape index (κ3) is 2.74. The standard InChI is InChI=1S/C13H17NOS/c1-3-11-4-5-12(16-11)8-14-9-13-10(2)6-7-15-13/h4-7,14H,3,8-9H2,1-2H3. The number of nitrogens with one attached hydrogen (secondary N) is 1. The SMILES string of the molecule is CCc1ccc(CNCc2occc2C)s1. The zero-order chi connectivity index (χ0) is 11.4. The maximum atomic E-state index is 5.37. The summed E-state index contributed by atoms with van der Waals surface area (Å²) in [4.78, 5) is 2.84. The molecule has 0 saturated heterocycles. The van der Waals surface area contributed by atoms with E-state index in [4.69, 9.17) is 4.42 Å². The Morgan fingerprint density at radius 2 is 2.00 bits per heavy atom. The van der Waals surface area contributed by atoms with Gasteiger partial charge in [0.05, 0.1) is 12.8 Å². The van der Waals surface area contributed by atoms with Gasteiger partial charge in [0, 0.05) is 16.3 Å². The largest absolute Gasteiger partial charge is 0.468 e. The van der Waals surface area contributed by atoms with E-state index in [-0.39, 0.29) is 0 Å². The van der Waals surface area contributed by atoms with Gasteiger partial charge in [-0.25, -0.2) is 0 Å². The first-order valence-corrected chi connectivity index (χ1v) is 6.42. The van der Waals surface area contributed by atoms with Gasteiger partial charge in [0.15, 0.2) is 0 Å². The van der Waals surface area contributed by atoms with Crippen LogP contribution in [0.4, 0.5) is 0 Å². The molecule has 0 saturated carbocycles. The summed E-state index contributed by atoms with van der Waals surface area (Å²) in [7, 11) is 0. The number of thiophene rings is 1. The smallest absolute Gasteiger partial charge is 0.120 e. The molecule has 2 heterocycles. The topological polar surface area (TPSA) is 25.2 Å². The fourth-order valence-corrected chi connectivity index (χ4v) is 2.52. The molecule has 0 aliphatic heterocycles. The minimum Gasteiger partial charge on any atom is -0.468 e. The summed E-state index contributed by atoms with van der Waals surface area (Å²) >= 11 is 1.88. The molecular formula is C13H17NOS. The Morgan fingerprint density at radius 3 is 2.62 bits per heavy atom. The minimum atomic E-state index is 0.804. The predicted octanol–water partition coefficient (Wildman–Crippen LogP) is 3.50. The van der Waals surface area contributed by atoms with Crippen molar-refractivity contribution < 1.29 is 4.42 Å². The van der Waals surface area contributed by atoms with Crippen molar-refractivity contribution >= 4 is 11.3 Å². The Bertz CT molecular complexity index is 444. The van der Waals surface area contributed by atoms with Gasteiger partial charge in [-0.1, -0.05) is 6.92 Å². The fraction of sp³-hybridized carbons (Fsp3) is 0.385. The molecule has 0 aromatic carbocycles. The van der Waals surface area contributed by atoms with Crippen molar-refractivity contribution in [3.63, 3.8) is 0 Å². The van der Waals surface area contributed by atoms with E-state index < -0.39 is 0 Å². The molecule has 1 N–H and O–H groups in total. The lowest BCUT2D eigenvalue weighted by atomic mass is 10.3. The lowest BCUT2D eigenvalue weighted by Crippen LogP contribution is -2.11. The Kier molecular flexibility index (Phi) is 3.80. The van der Waals surface area contributed by atoms with Crippen molar-refractivity contribution in [1.29, 1.82) is 0 Å². The van der Waals surface area contributed by atoms with Crippen LogP contribution in [0.1, 0.15) is 28.0 Å². The maximum Gasteiger partial charge on any atom is 0.120 e. The number of hydrogen-bond donors (Lipinski definition) is 1. The zero-order valence-electron chi connectivity index (χ0n) is 9.75. The van der Waals surface area contributed by atoms with E-state index in [9.17, 15) is 0 Å². The van der Waals surface area contributed by atoms with E-state index in [0.29, 0.717) is 0 Å². The number of aryl methyl sites for hydroxylation is 2. The van der Waals surface area contributed by atoms with Crippen molar-refractivity contribution in [3.8, 4) is 0 Å². The second-order valence-corrected chi connectivity index (χ2v) is 5.10. The van der Waals surface area contributed by atoms with E-state index in [2.05, 4.69) is 31.3 Å². The number of hydrogen-bond acceptors (Lipinski definition) is 3. The van der Waals surface area contributed by atoms with E-state index in [1.54, 1.807) is 6.26 Å². The maximum absolute atomic E-state index is 5.37. The molecule has 0 bridgehead atoms. The zero-order valence-corrected chi connectivity index (χ0v) is 10.6. The Morgan fingerprint density at radius 1 is 1.19 bits per heavy atom. The summed E-state index contributed by atoms with van der Waals surface area (Å²) in [5, 5.41) is 3.40. The lowest BCUT2D eigenvalue weighted by Gasteiger charge is -2.01. The molecule has 0 fully saturated rings. The summed E-state index contributed by atoms with van der Waals surface area (Å²) in [6.45, 7) is 5.99.